The molecule has 1 aliphatic rings. The van der Waals surface area contributed by atoms with Crippen LogP contribution in [-0.4, -0.2) is 23.1 Å². The third-order valence-electron chi connectivity index (χ3n) is 3.92. The van der Waals surface area contributed by atoms with Crippen molar-refractivity contribution >= 4 is 11.5 Å². The van der Waals surface area contributed by atoms with E-state index in [-0.39, 0.29) is 23.1 Å². The van der Waals surface area contributed by atoms with Crippen LogP contribution in [0.5, 0.6) is 5.88 Å². The Bertz CT molecular complexity index is 531. The maximum absolute atomic E-state index is 11.1. The van der Waals surface area contributed by atoms with E-state index in [1.165, 1.54) is 6.07 Å². The van der Waals surface area contributed by atoms with Gasteiger partial charge in [0, 0.05) is 13.1 Å². The first-order valence-electron chi connectivity index (χ1n) is 7.30. The molecule has 6 nitrogen and oxygen atoms in total. The summed E-state index contributed by atoms with van der Waals surface area (Å²) in [6.45, 7) is 6.62. The van der Waals surface area contributed by atoms with E-state index in [1.54, 1.807) is 13.1 Å². The summed E-state index contributed by atoms with van der Waals surface area (Å²) in [6.07, 6.45) is 2.92. The molecule has 1 aromatic rings. The largest absolute Gasteiger partial charge is 0.469 e. The monoisotopic (exact) mass is 293 g/mol. The van der Waals surface area contributed by atoms with Crippen molar-refractivity contribution < 1.29 is 9.66 Å². The molecule has 0 bridgehead atoms. The van der Waals surface area contributed by atoms with Crippen molar-refractivity contribution in [3.05, 3.63) is 22.2 Å². The van der Waals surface area contributed by atoms with Crippen LogP contribution in [0.1, 0.15) is 40.0 Å². The molecular formula is C15H23N3O3. The number of nitro groups is 1. The van der Waals surface area contributed by atoms with Gasteiger partial charge in [0.15, 0.2) is 0 Å². The molecule has 1 saturated carbocycles. The van der Waals surface area contributed by atoms with Gasteiger partial charge < -0.3 is 10.1 Å². The van der Waals surface area contributed by atoms with E-state index in [2.05, 4.69) is 31.1 Å². The molecule has 1 heterocycles. The normalized spacial score (nSPS) is 24.4. The van der Waals surface area contributed by atoms with E-state index in [0.29, 0.717) is 11.7 Å². The molecule has 1 aliphatic carbocycles. The molecule has 0 radical (unpaired) electrons. The number of pyridine rings is 1. The number of anilines is 1. The van der Waals surface area contributed by atoms with Gasteiger partial charge in [-0.1, -0.05) is 20.8 Å². The summed E-state index contributed by atoms with van der Waals surface area (Å²) in [4.78, 5) is 14.9. The second kappa shape index (κ2) is 5.87. The molecule has 21 heavy (non-hydrogen) atoms. The minimum Gasteiger partial charge on any atom is -0.469 e. The molecule has 1 fully saturated rings. The maximum Gasteiger partial charge on any atom is 0.331 e. The van der Waals surface area contributed by atoms with Crippen LogP contribution < -0.4 is 10.1 Å². The number of hydrogen-bond donors (Lipinski definition) is 1. The number of nitrogens with one attached hydrogen (secondary N) is 1. The molecule has 0 amide bonds. The Hall–Kier alpha value is -1.85. The average molecular weight is 293 g/mol. The highest BCUT2D eigenvalue weighted by Gasteiger charge is 2.34. The topological polar surface area (TPSA) is 77.3 Å². The lowest BCUT2D eigenvalue weighted by Crippen LogP contribution is -2.34. The van der Waals surface area contributed by atoms with E-state index in [1.807, 2.05) is 0 Å². The molecule has 2 unspecified atom stereocenters. The zero-order valence-corrected chi connectivity index (χ0v) is 13.0. The highest BCUT2D eigenvalue weighted by Crippen LogP contribution is 2.40. The van der Waals surface area contributed by atoms with Gasteiger partial charge in [-0.2, -0.15) is 4.98 Å². The van der Waals surface area contributed by atoms with Crippen molar-refractivity contribution in [1.29, 1.82) is 0 Å². The predicted octanol–water partition coefficient (Wildman–Crippen LogP) is 3.63. The van der Waals surface area contributed by atoms with Crippen molar-refractivity contribution in [3.63, 3.8) is 0 Å². The number of ether oxygens (including phenoxy) is 1. The van der Waals surface area contributed by atoms with Crippen LogP contribution in [0.15, 0.2) is 12.1 Å². The number of rotatable bonds is 4. The van der Waals surface area contributed by atoms with Crippen molar-refractivity contribution in [3.8, 4) is 5.88 Å². The van der Waals surface area contributed by atoms with Crippen LogP contribution in [-0.2, 0) is 0 Å². The highest BCUT2D eigenvalue weighted by molar-refractivity contribution is 5.48. The van der Waals surface area contributed by atoms with Gasteiger partial charge in [0.25, 0.3) is 5.88 Å². The van der Waals surface area contributed by atoms with Crippen LogP contribution in [0.3, 0.4) is 0 Å². The van der Waals surface area contributed by atoms with Gasteiger partial charge in [-0.3, -0.25) is 10.1 Å². The summed E-state index contributed by atoms with van der Waals surface area (Å²) >= 11 is 0. The van der Waals surface area contributed by atoms with E-state index < -0.39 is 4.92 Å². The van der Waals surface area contributed by atoms with E-state index in [0.717, 1.165) is 19.3 Å². The van der Waals surface area contributed by atoms with Crippen molar-refractivity contribution in [2.75, 3.05) is 12.4 Å². The highest BCUT2D eigenvalue weighted by atomic mass is 16.6. The Kier molecular flexibility index (Phi) is 4.34. The van der Waals surface area contributed by atoms with E-state index >= 15 is 0 Å². The van der Waals surface area contributed by atoms with Gasteiger partial charge in [0.05, 0.1) is 4.92 Å². The fourth-order valence-electron chi connectivity index (χ4n) is 3.30. The first-order chi connectivity index (χ1) is 9.80. The third-order valence-corrected chi connectivity index (χ3v) is 3.92. The number of hydrogen-bond acceptors (Lipinski definition) is 5. The summed E-state index contributed by atoms with van der Waals surface area (Å²) < 4.78 is 5.90. The predicted molar refractivity (Wildman–Crippen MR) is 81.7 cm³/mol. The zero-order valence-electron chi connectivity index (χ0n) is 13.0. The van der Waals surface area contributed by atoms with Gasteiger partial charge in [-0.05, 0) is 36.7 Å². The Morgan fingerprint density at radius 1 is 1.43 bits per heavy atom. The smallest absolute Gasteiger partial charge is 0.331 e. The third kappa shape index (κ3) is 3.83. The van der Waals surface area contributed by atoms with Gasteiger partial charge >= 0.3 is 5.69 Å². The molecule has 0 aromatic carbocycles. The van der Waals surface area contributed by atoms with Gasteiger partial charge in [0.2, 0.25) is 0 Å². The van der Waals surface area contributed by atoms with Gasteiger partial charge in [-0.25, -0.2) is 0 Å². The minimum absolute atomic E-state index is 0.0259. The van der Waals surface area contributed by atoms with Crippen LogP contribution >= 0.6 is 0 Å². The zero-order chi connectivity index (χ0) is 15.6. The fourth-order valence-corrected chi connectivity index (χ4v) is 3.30. The molecule has 0 aliphatic heterocycles. The lowest BCUT2D eigenvalue weighted by Gasteiger charge is -2.38. The molecule has 0 spiro atoms. The Labute approximate surface area is 125 Å². The van der Waals surface area contributed by atoms with E-state index in [4.69, 9.17) is 4.74 Å². The quantitative estimate of drug-likeness (QED) is 0.677. The Morgan fingerprint density at radius 2 is 2.14 bits per heavy atom. The standard InChI is InChI=1S/C15H23N3O3/c1-10-7-11(9-15(2,3)8-10)21-14-12(18(19)20)5-6-13(16-4)17-14/h5-6,10-11H,7-9H2,1-4H3,(H,16,17). The summed E-state index contributed by atoms with van der Waals surface area (Å²) in [5, 5.41) is 14.0. The second-order valence-corrected chi connectivity index (χ2v) is 6.68. The van der Waals surface area contributed by atoms with Crippen LogP contribution in [0.25, 0.3) is 0 Å². The second-order valence-electron chi connectivity index (χ2n) is 6.68. The molecular weight excluding hydrogens is 270 g/mol. The maximum atomic E-state index is 11.1. The summed E-state index contributed by atoms with van der Waals surface area (Å²) in [5.74, 6) is 1.23. The number of nitrogens with zero attached hydrogens (tertiary/aromatic N) is 2. The molecule has 0 saturated heterocycles. The van der Waals surface area contributed by atoms with E-state index in [9.17, 15) is 10.1 Å². The lowest BCUT2D eigenvalue weighted by atomic mass is 9.71. The Balaban J connectivity index is 2.23. The summed E-state index contributed by atoms with van der Waals surface area (Å²) in [6, 6.07) is 3.02. The fraction of sp³-hybridized carbons (Fsp3) is 0.667. The molecule has 1 aromatic heterocycles. The average Bonchev–Trinajstić information content (AvgIpc) is 2.35. The Morgan fingerprint density at radius 3 is 2.71 bits per heavy atom. The minimum atomic E-state index is -0.445. The van der Waals surface area contributed by atoms with Gasteiger partial charge in [0.1, 0.15) is 11.9 Å². The molecule has 2 atom stereocenters. The van der Waals surface area contributed by atoms with Crippen molar-refractivity contribution in [2.24, 2.45) is 11.3 Å². The summed E-state index contributed by atoms with van der Waals surface area (Å²) in [7, 11) is 1.73. The van der Waals surface area contributed by atoms with Crippen molar-refractivity contribution in [2.45, 2.75) is 46.1 Å². The van der Waals surface area contributed by atoms with Crippen molar-refractivity contribution in [1.82, 2.24) is 4.98 Å². The molecule has 116 valence electrons. The first-order valence-corrected chi connectivity index (χ1v) is 7.30. The SMILES string of the molecule is CNc1ccc([N+](=O)[O-])c(OC2CC(C)CC(C)(C)C2)n1. The van der Waals surface area contributed by atoms with Crippen LogP contribution in [0, 0.1) is 21.4 Å². The van der Waals surface area contributed by atoms with Crippen LogP contribution in [0.4, 0.5) is 11.5 Å². The lowest BCUT2D eigenvalue weighted by molar-refractivity contribution is -0.386. The van der Waals surface area contributed by atoms with Gasteiger partial charge in [-0.15, -0.1) is 0 Å². The molecule has 1 N–H and O–H groups in total. The number of aromatic nitrogens is 1. The molecule has 2 rings (SSSR count). The first kappa shape index (κ1) is 15.5. The van der Waals surface area contributed by atoms with Crippen LogP contribution in [0.2, 0.25) is 0 Å². The summed E-state index contributed by atoms with van der Waals surface area (Å²) in [5.41, 5.74) is 0.114. The molecule has 6 heteroatoms.